The van der Waals surface area contributed by atoms with E-state index in [2.05, 4.69) is 15.9 Å². The number of aldehydes is 1. The third-order valence-electron chi connectivity index (χ3n) is 1.71. The highest BCUT2D eigenvalue weighted by Crippen LogP contribution is 2.14. The largest absolute Gasteiger partial charge is 0.322 e. The highest BCUT2D eigenvalue weighted by atomic mass is 79.9. The second-order valence-electron chi connectivity index (χ2n) is 2.57. The Morgan fingerprint density at radius 3 is 2.92 bits per heavy atom. The summed E-state index contributed by atoms with van der Waals surface area (Å²) in [5, 5.41) is 0. The van der Waals surface area contributed by atoms with E-state index >= 15 is 0 Å². The molecule has 0 aromatic carbocycles. The van der Waals surface area contributed by atoms with Gasteiger partial charge in [-0.05, 0) is 34.1 Å². The first-order valence-electron chi connectivity index (χ1n) is 3.52. The molecule has 0 amide bonds. The SMILES string of the molecule is O=Cc1cc2ccc(Br)cn2c1. The Bertz CT molecular complexity index is 433. The Hall–Kier alpha value is -1.09. The molecule has 12 heavy (non-hydrogen) atoms. The molecule has 0 atom stereocenters. The number of carbonyl (C=O) groups is 1. The Labute approximate surface area is 77.9 Å². The summed E-state index contributed by atoms with van der Waals surface area (Å²) in [6, 6.07) is 5.75. The van der Waals surface area contributed by atoms with Gasteiger partial charge in [0.05, 0.1) is 0 Å². The van der Waals surface area contributed by atoms with E-state index in [4.69, 9.17) is 0 Å². The van der Waals surface area contributed by atoms with Gasteiger partial charge in [-0.1, -0.05) is 0 Å². The lowest BCUT2D eigenvalue weighted by Crippen LogP contribution is -1.79. The molecular formula is C9H6BrNO. The molecule has 60 valence electrons. The van der Waals surface area contributed by atoms with E-state index in [9.17, 15) is 4.79 Å². The van der Waals surface area contributed by atoms with Crippen molar-refractivity contribution < 1.29 is 4.79 Å². The quantitative estimate of drug-likeness (QED) is 0.682. The van der Waals surface area contributed by atoms with Gasteiger partial charge in [0, 0.05) is 27.9 Å². The maximum Gasteiger partial charge on any atom is 0.151 e. The monoisotopic (exact) mass is 223 g/mol. The molecule has 0 unspecified atom stereocenters. The van der Waals surface area contributed by atoms with Crippen molar-refractivity contribution in [3.63, 3.8) is 0 Å². The maximum absolute atomic E-state index is 10.4. The molecule has 0 aliphatic heterocycles. The van der Waals surface area contributed by atoms with Crippen LogP contribution in [0.15, 0.2) is 35.1 Å². The Kier molecular flexibility index (Phi) is 1.73. The van der Waals surface area contributed by atoms with Gasteiger partial charge >= 0.3 is 0 Å². The number of hydrogen-bond donors (Lipinski definition) is 0. The molecule has 0 aliphatic rings. The van der Waals surface area contributed by atoms with Gasteiger partial charge in [0.1, 0.15) is 0 Å². The number of fused-ring (bicyclic) bond motifs is 1. The first-order valence-corrected chi connectivity index (χ1v) is 4.31. The molecule has 2 rings (SSSR count). The van der Waals surface area contributed by atoms with E-state index in [0.29, 0.717) is 5.56 Å². The van der Waals surface area contributed by atoms with Crippen LogP contribution >= 0.6 is 15.9 Å². The minimum atomic E-state index is 0.702. The van der Waals surface area contributed by atoms with Crippen LogP contribution in [-0.2, 0) is 0 Å². The first kappa shape index (κ1) is 7.55. The molecule has 0 spiro atoms. The Morgan fingerprint density at radius 2 is 2.17 bits per heavy atom. The van der Waals surface area contributed by atoms with Crippen LogP contribution in [0.25, 0.3) is 5.52 Å². The van der Waals surface area contributed by atoms with Gasteiger partial charge in [-0.3, -0.25) is 4.79 Å². The van der Waals surface area contributed by atoms with E-state index in [-0.39, 0.29) is 0 Å². The summed E-state index contributed by atoms with van der Waals surface area (Å²) in [4.78, 5) is 10.4. The summed E-state index contributed by atoms with van der Waals surface area (Å²) < 4.78 is 2.91. The second-order valence-corrected chi connectivity index (χ2v) is 3.49. The summed E-state index contributed by atoms with van der Waals surface area (Å²) in [5.74, 6) is 0. The topological polar surface area (TPSA) is 21.5 Å². The predicted octanol–water partition coefficient (Wildman–Crippen LogP) is 2.51. The molecular weight excluding hydrogens is 218 g/mol. The van der Waals surface area contributed by atoms with Gasteiger partial charge in [-0.2, -0.15) is 0 Å². The number of nitrogens with zero attached hydrogens (tertiary/aromatic N) is 1. The molecule has 0 radical (unpaired) electrons. The number of carbonyl (C=O) groups excluding carboxylic acids is 1. The summed E-state index contributed by atoms with van der Waals surface area (Å²) in [6.07, 6.45) is 4.57. The molecule has 2 aromatic heterocycles. The van der Waals surface area contributed by atoms with Crippen molar-refractivity contribution in [1.29, 1.82) is 0 Å². The maximum atomic E-state index is 10.4. The zero-order valence-corrected chi connectivity index (χ0v) is 7.78. The minimum absolute atomic E-state index is 0.702. The molecule has 0 saturated carbocycles. The summed E-state index contributed by atoms with van der Waals surface area (Å²) >= 11 is 3.35. The third kappa shape index (κ3) is 1.16. The van der Waals surface area contributed by atoms with Crippen LogP contribution < -0.4 is 0 Å². The number of halogens is 1. The molecule has 2 nitrogen and oxygen atoms in total. The van der Waals surface area contributed by atoms with Crippen molar-refractivity contribution in [3.8, 4) is 0 Å². The molecule has 0 aliphatic carbocycles. The highest BCUT2D eigenvalue weighted by molar-refractivity contribution is 9.10. The van der Waals surface area contributed by atoms with Crippen molar-refractivity contribution in [2.75, 3.05) is 0 Å². The van der Waals surface area contributed by atoms with E-state index in [1.54, 1.807) is 6.20 Å². The lowest BCUT2D eigenvalue weighted by atomic mass is 10.3. The van der Waals surface area contributed by atoms with Crippen LogP contribution in [0.5, 0.6) is 0 Å². The first-order chi connectivity index (χ1) is 5.79. The summed E-state index contributed by atoms with van der Waals surface area (Å²) in [7, 11) is 0. The number of pyridine rings is 1. The van der Waals surface area contributed by atoms with Gasteiger partial charge in [0.25, 0.3) is 0 Å². The van der Waals surface area contributed by atoms with E-state index < -0.39 is 0 Å². The minimum Gasteiger partial charge on any atom is -0.322 e. The molecule has 0 fully saturated rings. The van der Waals surface area contributed by atoms with Gasteiger partial charge in [0.2, 0.25) is 0 Å². The number of hydrogen-bond acceptors (Lipinski definition) is 1. The number of rotatable bonds is 1. The molecule has 0 N–H and O–H groups in total. The van der Waals surface area contributed by atoms with Crippen LogP contribution in [-0.4, -0.2) is 10.7 Å². The zero-order valence-electron chi connectivity index (χ0n) is 6.20. The lowest BCUT2D eigenvalue weighted by Gasteiger charge is -1.93. The van der Waals surface area contributed by atoms with Gasteiger partial charge < -0.3 is 4.40 Å². The fourth-order valence-electron chi connectivity index (χ4n) is 1.17. The number of aromatic nitrogens is 1. The van der Waals surface area contributed by atoms with Crippen molar-refractivity contribution in [1.82, 2.24) is 4.40 Å². The van der Waals surface area contributed by atoms with Gasteiger partial charge in [-0.15, -0.1) is 0 Å². The van der Waals surface area contributed by atoms with Crippen LogP contribution in [0, 0.1) is 0 Å². The molecule has 2 aromatic rings. The van der Waals surface area contributed by atoms with Crippen LogP contribution in [0.4, 0.5) is 0 Å². The zero-order chi connectivity index (χ0) is 8.55. The van der Waals surface area contributed by atoms with E-state index in [1.807, 2.05) is 28.8 Å². The third-order valence-corrected chi connectivity index (χ3v) is 2.18. The highest BCUT2D eigenvalue weighted by Gasteiger charge is 1.97. The van der Waals surface area contributed by atoms with Crippen molar-refractivity contribution in [2.24, 2.45) is 0 Å². The molecule has 0 bridgehead atoms. The van der Waals surface area contributed by atoms with E-state index in [0.717, 1.165) is 16.3 Å². The van der Waals surface area contributed by atoms with Crippen molar-refractivity contribution in [2.45, 2.75) is 0 Å². The van der Waals surface area contributed by atoms with Gasteiger partial charge in [0.15, 0.2) is 6.29 Å². The van der Waals surface area contributed by atoms with Crippen LogP contribution in [0.2, 0.25) is 0 Å². The van der Waals surface area contributed by atoms with Gasteiger partial charge in [-0.25, -0.2) is 0 Å². The lowest BCUT2D eigenvalue weighted by molar-refractivity contribution is 0.112. The van der Waals surface area contributed by atoms with Crippen LogP contribution in [0.3, 0.4) is 0 Å². The normalized spacial score (nSPS) is 10.4. The average Bonchev–Trinajstić information content (AvgIpc) is 2.46. The van der Waals surface area contributed by atoms with Crippen molar-refractivity contribution >= 4 is 27.7 Å². The fourth-order valence-corrected chi connectivity index (χ4v) is 1.52. The fraction of sp³-hybridized carbons (Fsp3) is 0. The Balaban J connectivity index is 2.75. The Morgan fingerprint density at radius 1 is 1.33 bits per heavy atom. The molecule has 0 saturated heterocycles. The molecule has 3 heteroatoms. The van der Waals surface area contributed by atoms with Crippen molar-refractivity contribution in [3.05, 3.63) is 40.6 Å². The molecule has 2 heterocycles. The van der Waals surface area contributed by atoms with E-state index in [1.165, 1.54) is 0 Å². The van der Waals surface area contributed by atoms with Crippen LogP contribution in [0.1, 0.15) is 10.4 Å². The predicted molar refractivity (Wildman–Crippen MR) is 50.5 cm³/mol. The second kappa shape index (κ2) is 2.75. The smallest absolute Gasteiger partial charge is 0.151 e. The summed E-state index contributed by atoms with van der Waals surface area (Å²) in [5.41, 5.74) is 1.73. The summed E-state index contributed by atoms with van der Waals surface area (Å²) in [6.45, 7) is 0. The standard InChI is InChI=1S/C9H6BrNO/c10-8-1-2-9-3-7(6-12)4-11(9)5-8/h1-6H. The average molecular weight is 224 g/mol.